The molecule has 5 heteroatoms. The summed E-state index contributed by atoms with van der Waals surface area (Å²) < 4.78 is 1.71. The molecule has 1 aliphatic carbocycles. The topological polar surface area (TPSA) is 59.8 Å². The standard InChI is InChI=1S/C20H20N4O/c25-20(19-7-3-5-16-4-1-2-6-18(16)19)22-12-15-8-10-17(11-9-15)24-14-21-13-23-24/h1-2,4,6,8-11,13-14,19H,3,5,7,12H2,(H,22,25)/t19-/m0/s1. The highest BCUT2D eigenvalue weighted by Crippen LogP contribution is 2.31. The van der Waals surface area contributed by atoms with Crippen molar-refractivity contribution in [2.45, 2.75) is 31.7 Å². The molecular formula is C20H20N4O. The van der Waals surface area contributed by atoms with E-state index in [2.05, 4.69) is 33.6 Å². The third kappa shape index (κ3) is 3.31. The minimum Gasteiger partial charge on any atom is -0.351 e. The maximum Gasteiger partial charge on any atom is 0.227 e. The summed E-state index contributed by atoms with van der Waals surface area (Å²) in [5.74, 6) is 0.0897. The lowest BCUT2D eigenvalue weighted by molar-refractivity contribution is -0.123. The van der Waals surface area contributed by atoms with Crippen molar-refractivity contribution in [2.75, 3.05) is 0 Å². The number of benzene rings is 2. The number of nitrogens with zero attached hydrogens (tertiary/aromatic N) is 3. The number of fused-ring (bicyclic) bond motifs is 1. The van der Waals surface area contributed by atoms with E-state index in [-0.39, 0.29) is 11.8 Å². The van der Waals surface area contributed by atoms with Crippen molar-refractivity contribution in [3.05, 3.63) is 77.9 Å². The van der Waals surface area contributed by atoms with Gasteiger partial charge in [-0.1, -0.05) is 36.4 Å². The minimum absolute atomic E-state index is 0.0284. The Bertz CT molecular complexity index is 856. The maximum atomic E-state index is 12.7. The fraction of sp³-hybridized carbons (Fsp3) is 0.250. The first-order chi connectivity index (χ1) is 12.3. The molecule has 0 saturated heterocycles. The number of nitrogens with one attached hydrogen (secondary N) is 1. The number of aromatic nitrogens is 3. The lowest BCUT2D eigenvalue weighted by Gasteiger charge is -2.24. The predicted octanol–water partition coefficient (Wildman–Crippen LogP) is 3.00. The van der Waals surface area contributed by atoms with Gasteiger partial charge in [-0.2, -0.15) is 5.10 Å². The molecule has 1 amide bonds. The van der Waals surface area contributed by atoms with Crippen molar-refractivity contribution in [3.63, 3.8) is 0 Å². The van der Waals surface area contributed by atoms with Crippen LogP contribution in [0.3, 0.4) is 0 Å². The third-order valence-corrected chi connectivity index (χ3v) is 4.77. The zero-order valence-electron chi connectivity index (χ0n) is 13.9. The Kier molecular flexibility index (Phi) is 4.29. The molecular weight excluding hydrogens is 312 g/mol. The van der Waals surface area contributed by atoms with Crippen molar-refractivity contribution < 1.29 is 4.79 Å². The summed E-state index contributed by atoms with van der Waals surface area (Å²) in [7, 11) is 0. The van der Waals surface area contributed by atoms with Gasteiger partial charge in [-0.3, -0.25) is 4.79 Å². The van der Waals surface area contributed by atoms with Gasteiger partial charge in [0.1, 0.15) is 12.7 Å². The number of hydrogen-bond acceptors (Lipinski definition) is 3. The van der Waals surface area contributed by atoms with E-state index in [0.29, 0.717) is 6.54 Å². The van der Waals surface area contributed by atoms with Gasteiger partial charge in [0.25, 0.3) is 0 Å². The average molecular weight is 332 g/mol. The minimum atomic E-state index is -0.0284. The second-order valence-corrected chi connectivity index (χ2v) is 6.37. The molecule has 1 N–H and O–H groups in total. The quantitative estimate of drug-likeness (QED) is 0.799. The Morgan fingerprint density at radius 3 is 2.80 bits per heavy atom. The van der Waals surface area contributed by atoms with Gasteiger partial charge in [-0.05, 0) is 48.1 Å². The Labute approximate surface area is 146 Å². The van der Waals surface area contributed by atoms with Crippen molar-refractivity contribution in [1.82, 2.24) is 20.1 Å². The number of carbonyl (C=O) groups is 1. The van der Waals surface area contributed by atoms with Crippen molar-refractivity contribution in [3.8, 4) is 5.69 Å². The first-order valence-corrected chi connectivity index (χ1v) is 8.61. The number of amides is 1. The van der Waals surface area contributed by atoms with Gasteiger partial charge in [-0.25, -0.2) is 9.67 Å². The van der Waals surface area contributed by atoms with Crippen LogP contribution in [0.2, 0.25) is 0 Å². The molecule has 0 unspecified atom stereocenters. The molecule has 1 aliphatic rings. The van der Waals surface area contributed by atoms with E-state index < -0.39 is 0 Å². The number of carbonyl (C=O) groups excluding carboxylic acids is 1. The Balaban J connectivity index is 1.41. The van der Waals surface area contributed by atoms with Crippen LogP contribution < -0.4 is 5.32 Å². The highest BCUT2D eigenvalue weighted by Gasteiger charge is 2.25. The lowest BCUT2D eigenvalue weighted by atomic mass is 9.82. The fourth-order valence-electron chi connectivity index (χ4n) is 3.45. The van der Waals surface area contributed by atoms with Crippen LogP contribution in [0.15, 0.2) is 61.2 Å². The van der Waals surface area contributed by atoms with Gasteiger partial charge in [0.15, 0.2) is 0 Å². The molecule has 25 heavy (non-hydrogen) atoms. The van der Waals surface area contributed by atoms with Crippen LogP contribution in [0.25, 0.3) is 5.69 Å². The molecule has 3 aromatic rings. The highest BCUT2D eigenvalue weighted by molar-refractivity contribution is 5.84. The van der Waals surface area contributed by atoms with Gasteiger partial charge in [0.2, 0.25) is 5.91 Å². The smallest absolute Gasteiger partial charge is 0.227 e. The second kappa shape index (κ2) is 6.89. The van der Waals surface area contributed by atoms with Gasteiger partial charge < -0.3 is 5.32 Å². The molecule has 0 saturated carbocycles. The average Bonchev–Trinajstić information content (AvgIpc) is 3.21. The predicted molar refractivity (Wildman–Crippen MR) is 95.3 cm³/mol. The van der Waals surface area contributed by atoms with E-state index in [0.717, 1.165) is 30.5 Å². The molecule has 0 spiro atoms. The molecule has 0 radical (unpaired) electrons. The number of rotatable bonds is 4. The first-order valence-electron chi connectivity index (χ1n) is 8.61. The van der Waals surface area contributed by atoms with Crippen LogP contribution in [0.1, 0.15) is 35.4 Å². The van der Waals surface area contributed by atoms with E-state index in [1.807, 2.05) is 30.3 Å². The van der Waals surface area contributed by atoms with E-state index >= 15 is 0 Å². The van der Waals surface area contributed by atoms with E-state index in [9.17, 15) is 4.79 Å². The second-order valence-electron chi connectivity index (χ2n) is 6.37. The highest BCUT2D eigenvalue weighted by atomic mass is 16.1. The third-order valence-electron chi connectivity index (χ3n) is 4.77. The molecule has 2 aromatic carbocycles. The van der Waals surface area contributed by atoms with Crippen molar-refractivity contribution in [1.29, 1.82) is 0 Å². The monoisotopic (exact) mass is 332 g/mol. The summed E-state index contributed by atoms with van der Waals surface area (Å²) in [6.07, 6.45) is 6.24. The molecule has 5 nitrogen and oxygen atoms in total. The summed E-state index contributed by atoms with van der Waals surface area (Å²) in [6.45, 7) is 0.537. The van der Waals surface area contributed by atoms with Gasteiger partial charge in [0.05, 0.1) is 11.6 Å². The maximum absolute atomic E-state index is 12.7. The summed E-state index contributed by atoms with van der Waals surface area (Å²) in [5.41, 5.74) is 4.52. The lowest BCUT2D eigenvalue weighted by Crippen LogP contribution is -2.31. The van der Waals surface area contributed by atoms with Crippen molar-refractivity contribution in [2.24, 2.45) is 0 Å². The van der Waals surface area contributed by atoms with Crippen LogP contribution >= 0.6 is 0 Å². The summed E-state index contributed by atoms with van der Waals surface area (Å²) in [5, 5.41) is 7.20. The molecule has 0 fully saturated rings. The zero-order valence-corrected chi connectivity index (χ0v) is 13.9. The van der Waals surface area contributed by atoms with Gasteiger partial charge >= 0.3 is 0 Å². The number of hydrogen-bond donors (Lipinski definition) is 1. The molecule has 0 aliphatic heterocycles. The van der Waals surface area contributed by atoms with Crippen molar-refractivity contribution >= 4 is 5.91 Å². The molecule has 1 heterocycles. The largest absolute Gasteiger partial charge is 0.351 e. The van der Waals surface area contributed by atoms with E-state index in [1.165, 1.54) is 17.5 Å². The van der Waals surface area contributed by atoms with Crippen LogP contribution in [-0.4, -0.2) is 20.7 Å². The van der Waals surface area contributed by atoms with Crippen LogP contribution in [0.4, 0.5) is 0 Å². The molecule has 1 aromatic heterocycles. The molecule has 1 atom stereocenters. The Morgan fingerprint density at radius 2 is 2.00 bits per heavy atom. The first kappa shape index (κ1) is 15.6. The summed E-state index contributed by atoms with van der Waals surface area (Å²) >= 11 is 0. The Morgan fingerprint density at radius 1 is 1.16 bits per heavy atom. The van der Waals surface area contributed by atoms with Gasteiger partial charge in [-0.15, -0.1) is 0 Å². The van der Waals surface area contributed by atoms with Crippen LogP contribution in [-0.2, 0) is 17.8 Å². The summed E-state index contributed by atoms with van der Waals surface area (Å²) in [6, 6.07) is 16.3. The van der Waals surface area contributed by atoms with E-state index in [1.54, 1.807) is 11.0 Å². The molecule has 4 rings (SSSR count). The number of aryl methyl sites for hydroxylation is 1. The molecule has 0 bridgehead atoms. The summed E-state index contributed by atoms with van der Waals surface area (Å²) in [4.78, 5) is 16.6. The SMILES string of the molecule is O=C(NCc1ccc(-n2cncn2)cc1)[C@H]1CCCc2ccccc21. The van der Waals surface area contributed by atoms with E-state index in [4.69, 9.17) is 0 Å². The fourth-order valence-corrected chi connectivity index (χ4v) is 3.45. The normalized spacial score (nSPS) is 16.2. The Hall–Kier alpha value is -2.95. The van der Waals surface area contributed by atoms with Gasteiger partial charge in [0, 0.05) is 6.54 Å². The zero-order chi connectivity index (χ0) is 17.1. The van der Waals surface area contributed by atoms with Crippen LogP contribution in [0, 0.1) is 0 Å². The molecule has 126 valence electrons. The van der Waals surface area contributed by atoms with Crippen LogP contribution in [0.5, 0.6) is 0 Å².